The van der Waals surface area contributed by atoms with Gasteiger partial charge in [0, 0.05) is 27.8 Å². The predicted octanol–water partition coefficient (Wildman–Crippen LogP) is 3.78. The molecule has 1 heterocycles. The molecule has 1 aliphatic rings. The maximum absolute atomic E-state index is 14.5. The van der Waals surface area contributed by atoms with E-state index in [1.54, 1.807) is 74.5 Å². The van der Waals surface area contributed by atoms with Gasteiger partial charge >= 0.3 is 5.97 Å². The van der Waals surface area contributed by atoms with E-state index in [1.807, 2.05) is 12.1 Å². The zero-order valence-electron chi connectivity index (χ0n) is 17.1. The Hall–Kier alpha value is -3.34. The summed E-state index contributed by atoms with van der Waals surface area (Å²) in [7, 11) is -3.52. The first-order chi connectivity index (χ1) is 14.8. The van der Waals surface area contributed by atoms with E-state index in [9.17, 15) is 19.6 Å². The number of phenolic OH excluding ortho intramolecular Hbond substituents is 2. The fourth-order valence-electron chi connectivity index (χ4n) is 3.85. The molecule has 1 aliphatic heterocycles. The minimum atomic E-state index is -3.52. The van der Waals surface area contributed by atoms with Crippen LogP contribution < -0.4 is 20.4 Å². The molecule has 7 heteroatoms. The van der Waals surface area contributed by atoms with Gasteiger partial charge in [0.2, 0.25) is 7.29 Å². The van der Waals surface area contributed by atoms with Gasteiger partial charge in [0.1, 0.15) is 5.75 Å². The van der Waals surface area contributed by atoms with E-state index in [2.05, 4.69) is 5.09 Å². The zero-order chi connectivity index (χ0) is 22.2. The average Bonchev–Trinajstić information content (AvgIpc) is 3.01. The molecule has 3 aromatic rings. The highest BCUT2D eigenvalue weighted by atomic mass is 31.2. The third-order valence-electron chi connectivity index (χ3n) is 5.35. The monoisotopic (exact) mass is 435 g/mol. The summed E-state index contributed by atoms with van der Waals surface area (Å²) < 4.78 is 19.9. The van der Waals surface area contributed by atoms with Crippen LogP contribution in [0, 0.1) is 0 Å². The van der Waals surface area contributed by atoms with Crippen molar-refractivity contribution in [1.29, 1.82) is 0 Å². The van der Waals surface area contributed by atoms with Crippen LogP contribution in [0.1, 0.15) is 25.0 Å². The van der Waals surface area contributed by atoms with Crippen molar-refractivity contribution in [3.63, 3.8) is 0 Å². The van der Waals surface area contributed by atoms with E-state index in [0.29, 0.717) is 16.2 Å². The molecule has 0 amide bonds. The smallest absolute Gasteiger partial charge is 0.336 e. The molecule has 0 fully saturated rings. The number of hydrogen-bond donors (Lipinski definition) is 3. The highest BCUT2D eigenvalue weighted by Crippen LogP contribution is 2.52. The predicted molar refractivity (Wildman–Crippen MR) is 120 cm³/mol. The van der Waals surface area contributed by atoms with Crippen molar-refractivity contribution in [2.24, 2.45) is 0 Å². The molecule has 3 aromatic carbocycles. The molecule has 0 spiro atoms. The molecule has 0 aliphatic carbocycles. The van der Waals surface area contributed by atoms with Crippen LogP contribution in [0.2, 0.25) is 0 Å². The lowest BCUT2D eigenvalue weighted by molar-refractivity contribution is -0.138. The second kappa shape index (κ2) is 7.73. The van der Waals surface area contributed by atoms with Crippen LogP contribution >= 0.6 is 7.29 Å². The van der Waals surface area contributed by atoms with Gasteiger partial charge < -0.3 is 14.9 Å². The number of hydrogen-bond acceptors (Lipinski definition) is 5. The van der Waals surface area contributed by atoms with Gasteiger partial charge in [0.25, 0.3) is 0 Å². The summed E-state index contributed by atoms with van der Waals surface area (Å²) in [4.78, 5) is 13.1. The summed E-state index contributed by atoms with van der Waals surface area (Å²) in [6.45, 7) is 3.32. The first-order valence-electron chi connectivity index (χ1n) is 9.76. The molecule has 31 heavy (non-hydrogen) atoms. The van der Waals surface area contributed by atoms with Gasteiger partial charge in [-0.1, -0.05) is 48.6 Å². The minimum Gasteiger partial charge on any atom is -0.504 e. The lowest BCUT2D eigenvalue weighted by Crippen LogP contribution is -2.47. The lowest BCUT2D eigenvalue weighted by Gasteiger charge is -2.31. The van der Waals surface area contributed by atoms with Gasteiger partial charge in [-0.15, -0.1) is 0 Å². The largest absolute Gasteiger partial charge is 0.504 e. The standard InChI is InChI=1S/C24H22NO5P/c1-3-10-18-21-20(15-19(26)22(18)27)30-23(28)24(21,2)25-31(29,16-11-6-4-7-12-16)17-13-8-5-9-14-17/h3-15,26-27H,1-2H3,(H,25,29)/b10-3+. The molecule has 6 nitrogen and oxygen atoms in total. The maximum atomic E-state index is 14.5. The minimum absolute atomic E-state index is 0.107. The Morgan fingerprint density at radius 3 is 2.06 bits per heavy atom. The van der Waals surface area contributed by atoms with Crippen LogP contribution in [0.25, 0.3) is 6.08 Å². The lowest BCUT2D eigenvalue weighted by atomic mass is 9.89. The van der Waals surface area contributed by atoms with E-state index in [-0.39, 0.29) is 17.1 Å². The number of esters is 1. The number of nitrogens with one attached hydrogen (secondary N) is 1. The Morgan fingerprint density at radius 1 is 1.00 bits per heavy atom. The van der Waals surface area contributed by atoms with Crippen LogP contribution in [-0.4, -0.2) is 16.2 Å². The van der Waals surface area contributed by atoms with E-state index >= 15 is 0 Å². The number of carbonyl (C=O) groups is 1. The number of aromatic hydroxyl groups is 2. The number of carbonyl (C=O) groups excluding carboxylic acids is 1. The Morgan fingerprint density at radius 2 is 1.55 bits per heavy atom. The summed E-state index contributed by atoms with van der Waals surface area (Å²) in [6.07, 6.45) is 3.25. The van der Waals surface area contributed by atoms with Crippen LogP contribution in [0.4, 0.5) is 0 Å². The molecule has 0 saturated carbocycles. The first kappa shape index (κ1) is 20.9. The van der Waals surface area contributed by atoms with Gasteiger partial charge in [-0.3, -0.25) is 4.57 Å². The molecule has 4 rings (SSSR count). The van der Waals surface area contributed by atoms with Crippen LogP contribution in [0.3, 0.4) is 0 Å². The van der Waals surface area contributed by atoms with Crippen LogP contribution in [0.5, 0.6) is 17.2 Å². The molecule has 0 radical (unpaired) electrons. The van der Waals surface area contributed by atoms with Crippen molar-refractivity contribution in [3.05, 3.63) is 83.9 Å². The topological polar surface area (TPSA) is 95.9 Å². The first-order valence-corrected chi connectivity index (χ1v) is 11.5. The summed E-state index contributed by atoms with van der Waals surface area (Å²) in [6, 6.07) is 18.9. The molecule has 158 valence electrons. The summed E-state index contributed by atoms with van der Waals surface area (Å²) in [5.74, 6) is -1.35. The zero-order valence-corrected chi connectivity index (χ0v) is 18.0. The van der Waals surface area contributed by atoms with Crippen molar-refractivity contribution < 1.29 is 24.3 Å². The molecule has 3 N–H and O–H groups in total. The number of ether oxygens (including phenoxy) is 1. The van der Waals surface area contributed by atoms with E-state index < -0.39 is 24.6 Å². The fourth-order valence-corrected chi connectivity index (χ4v) is 6.43. The third-order valence-corrected chi connectivity index (χ3v) is 8.16. The highest BCUT2D eigenvalue weighted by molar-refractivity contribution is 7.77. The number of benzene rings is 3. The summed E-state index contributed by atoms with van der Waals surface area (Å²) in [5.41, 5.74) is -1.000. The number of fused-ring (bicyclic) bond motifs is 1. The van der Waals surface area contributed by atoms with Crippen molar-refractivity contribution in [2.75, 3.05) is 0 Å². The van der Waals surface area contributed by atoms with Crippen molar-refractivity contribution in [3.8, 4) is 17.2 Å². The highest BCUT2D eigenvalue weighted by Gasteiger charge is 2.51. The molecule has 1 unspecified atom stereocenters. The van der Waals surface area contributed by atoms with Gasteiger partial charge in [-0.25, -0.2) is 9.88 Å². The molecule has 0 bridgehead atoms. The Labute approximate surface area is 180 Å². The second-order valence-electron chi connectivity index (χ2n) is 7.44. The molecule has 1 atom stereocenters. The molecule has 0 saturated heterocycles. The van der Waals surface area contributed by atoms with E-state index in [1.165, 1.54) is 6.07 Å². The molecular weight excluding hydrogens is 413 g/mol. The average molecular weight is 435 g/mol. The molecular formula is C24H22NO5P. The maximum Gasteiger partial charge on any atom is 0.336 e. The Kier molecular flexibility index (Phi) is 5.21. The van der Waals surface area contributed by atoms with Crippen molar-refractivity contribution in [1.82, 2.24) is 5.09 Å². The van der Waals surface area contributed by atoms with Gasteiger partial charge in [0.05, 0.1) is 0 Å². The van der Waals surface area contributed by atoms with Crippen LogP contribution in [0.15, 0.2) is 72.8 Å². The normalized spacial score (nSPS) is 18.2. The molecule has 0 aromatic heterocycles. The van der Waals surface area contributed by atoms with Crippen molar-refractivity contribution in [2.45, 2.75) is 19.4 Å². The quantitative estimate of drug-likeness (QED) is 0.244. The van der Waals surface area contributed by atoms with E-state index in [4.69, 9.17) is 4.74 Å². The number of allylic oxidation sites excluding steroid dienone is 1. The number of phenols is 2. The van der Waals surface area contributed by atoms with E-state index in [0.717, 1.165) is 0 Å². The summed E-state index contributed by atoms with van der Waals surface area (Å²) >= 11 is 0. The van der Waals surface area contributed by atoms with Crippen LogP contribution in [-0.2, 0) is 14.9 Å². The Bertz CT molecular complexity index is 1180. The summed E-state index contributed by atoms with van der Waals surface area (Å²) in [5, 5.41) is 24.7. The van der Waals surface area contributed by atoms with Gasteiger partial charge in [-0.2, -0.15) is 0 Å². The van der Waals surface area contributed by atoms with Gasteiger partial charge in [0.15, 0.2) is 17.0 Å². The number of rotatable bonds is 5. The fraction of sp³-hybridized carbons (Fsp3) is 0.125. The second-order valence-corrected chi connectivity index (χ2v) is 9.91. The Balaban J connectivity index is 1.95. The SMILES string of the molecule is C/C=C/c1c(O)c(O)cc2c1C(C)(NP(=O)(c1ccccc1)c1ccccc1)C(=O)O2. The third kappa shape index (κ3) is 3.34. The van der Waals surface area contributed by atoms with Crippen molar-refractivity contribution >= 4 is 29.9 Å². The van der Waals surface area contributed by atoms with Gasteiger partial charge in [-0.05, 0) is 38.1 Å².